The van der Waals surface area contributed by atoms with E-state index in [0.29, 0.717) is 25.4 Å². The van der Waals surface area contributed by atoms with Crippen LogP contribution in [0, 0.1) is 12.8 Å². The summed E-state index contributed by atoms with van der Waals surface area (Å²) in [6.45, 7) is 8.89. The van der Waals surface area contributed by atoms with Gasteiger partial charge in [0.05, 0.1) is 49.3 Å². The molecule has 0 amide bonds. The van der Waals surface area contributed by atoms with Crippen LogP contribution in [0.15, 0.2) is 71.6 Å². The maximum Gasteiger partial charge on any atom is 0.264 e. The monoisotopic (exact) mass is 744 g/mol. The molecule has 5 rings (SSSR count). The van der Waals surface area contributed by atoms with Gasteiger partial charge in [0.15, 0.2) is 0 Å². The van der Waals surface area contributed by atoms with Crippen molar-refractivity contribution in [2.45, 2.75) is 75.7 Å². The highest BCUT2D eigenvalue weighted by atomic mass is 32.2. The molecule has 2 aliphatic heterocycles. The van der Waals surface area contributed by atoms with Gasteiger partial charge in [-0.25, -0.2) is 8.42 Å². The molecule has 11 nitrogen and oxygen atoms in total. The number of piperidine rings is 1. The summed E-state index contributed by atoms with van der Waals surface area (Å²) >= 11 is 0. The molecule has 13 heteroatoms. The number of aryl methyl sites for hydroxylation is 1. The summed E-state index contributed by atoms with van der Waals surface area (Å²) in [7, 11) is -4.49. The van der Waals surface area contributed by atoms with E-state index < -0.39 is 38.4 Å². The summed E-state index contributed by atoms with van der Waals surface area (Å²) in [6, 6.07) is 20.0. The number of sulfonamides is 1. The van der Waals surface area contributed by atoms with Crippen LogP contribution in [0.5, 0.6) is 11.5 Å². The second kappa shape index (κ2) is 17.1. The second-order valence-corrected chi connectivity index (χ2v) is 17.3. The Kier molecular flexibility index (Phi) is 13.1. The van der Waals surface area contributed by atoms with Crippen LogP contribution in [0.4, 0.5) is 5.69 Å². The number of methoxy groups -OCH3 is 2. The molecule has 0 aromatic heterocycles. The van der Waals surface area contributed by atoms with Crippen LogP contribution in [-0.4, -0.2) is 92.7 Å². The molecule has 2 aliphatic rings. The first kappa shape index (κ1) is 39.0. The lowest BCUT2D eigenvalue weighted by molar-refractivity contribution is -0.0266. The van der Waals surface area contributed by atoms with Gasteiger partial charge in [-0.2, -0.15) is 12.7 Å². The Balaban J connectivity index is 1.49. The molecule has 0 radical (unpaired) electrons. The van der Waals surface area contributed by atoms with E-state index in [2.05, 4.69) is 11.0 Å². The fraction of sp³-hybridized carbons (Fsp3) is 0.526. The number of fused-ring (bicyclic) bond motifs is 1. The van der Waals surface area contributed by atoms with E-state index in [1.54, 1.807) is 38.5 Å². The van der Waals surface area contributed by atoms with Crippen molar-refractivity contribution in [2.24, 2.45) is 5.92 Å². The molecule has 3 aromatic carbocycles. The van der Waals surface area contributed by atoms with E-state index >= 15 is 0 Å². The molecule has 51 heavy (non-hydrogen) atoms. The molecule has 1 saturated heterocycles. The Morgan fingerprint density at radius 1 is 0.961 bits per heavy atom. The highest BCUT2D eigenvalue weighted by molar-refractivity contribution is 7.89. The van der Waals surface area contributed by atoms with Gasteiger partial charge >= 0.3 is 0 Å². The molecule has 4 atom stereocenters. The topological polar surface area (TPSA) is 121 Å². The molecule has 2 heterocycles. The zero-order valence-electron chi connectivity index (χ0n) is 30.5. The molecule has 0 saturated carbocycles. The normalized spacial score (nSPS) is 20.5. The predicted octanol–water partition coefficient (Wildman–Crippen LogP) is 5.76. The number of ether oxygens (including phenoxy) is 4. The highest BCUT2D eigenvalue weighted by Crippen LogP contribution is 2.40. The predicted molar refractivity (Wildman–Crippen MR) is 198 cm³/mol. The van der Waals surface area contributed by atoms with Gasteiger partial charge in [0, 0.05) is 38.8 Å². The fourth-order valence-corrected chi connectivity index (χ4v) is 9.31. The van der Waals surface area contributed by atoms with Crippen LogP contribution >= 0.6 is 0 Å². The van der Waals surface area contributed by atoms with Crippen molar-refractivity contribution in [1.29, 1.82) is 0 Å². The highest BCUT2D eigenvalue weighted by Gasteiger charge is 2.44. The summed E-state index contributed by atoms with van der Waals surface area (Å²) in [5.74, 6) is 1.15. The number of hydrogen-bond donors (Lipinski definition) is 0. The molecule has 0 aliphatic carbocycles. The van der Waals surface area contributed by atoms with E-state index in [-0.39, 0.29) is 36.3 Å². The van der Waals surface area contributed by atoms with E-state index in [1.807, 2.05) is 57.2 Å². The first-order valence-electron chi connectivity index (χ1n) is 17.5. The summed E-state index contributed by atoms with van der Waals surface area (Å²) < 4.78 is 84.0. The van der Waals surface area contributed by atoms with Crippen molar-refractivity contribution in [3.63, 3.8) is 0 Å². The summed E-state index contributed by atoms with van der Waals surface area (Å²) in [6.07, 6.45) is 1.26. The van der Waals surface area contributed by atoms with Gasteiger partial charge in [-0.05, 0) is 79.6 Å². The molecule has 0 unspecified atom stereocenters. The van der Waals surface area contributed by atoms with E-state index in [9.17, 15) is 16.8 Å². The van der Waals surface area contributed by atoms with Crippen LogP contribution in [-0.2, 0) is 40.4 Å². The summed E-state index contributed by atoms with van der Waals surface area (Å²) in [5, 5.41) is 0. The maximum absolute atomic E-state index is 14.5. The Labute approximate surface area is 304 Å². The zero-order chi connectivity index (χ0) is 36.8. The van der Waals surface area contributed by atoms with Gasteiger partial charge in [-0.15, -0.1) is 0 Å². The summed E-state index contributed by atoms with van der Waals surface area (Å²) in [4.78, 5) is 2.47. The van der Waals surface area contributed by atoms with Gasteiger partial charge in [-0.1, -0.05) is 49.7 Å². The van der Waals surface area contributed by atoms with Gasteiger partial charge in [0.1, 0.15) is 18.1 Å². The van der Waals surface area contributed by atoms with Gasteiger partial charge < -0.3 is 23.8 Å². The fourth-order valence-electron chi connectivity index (χ4n) is 6.90. The minimum Gasteiger partial charge on any atom is -0.497 e. The Morgan fingerprint density at radius 2 is 1.69 bits per heavy atom. The zero-order valence-corrected chi connectivity index (χ0v) is 32.1. The Bertz CT molecular complexity index is 1800. The third-order valence-electron chi connectivity index (χ3n) is 9.68. The lowest BCUT2D eigenvalue weighted by Crippen LogP contribution is -2.53. The van der Waals surface area contributed by atoms with Crippen molar-refractivity contribution < 1.29 is 40.0 Å². The SMILES string of the molecule is COCCCN1CCOc2ccc(CO[C@H]3CN(S(=O)(=O)c4ccc(C)cc4)[C@@H](C[C@@H](OS(C)(=O)=O)C(C)C)C[C@@H]3c3ccc(OC)cc3)cc21. The third kappa shape index (κ3) is 10.0. The van der Waals surface area contributed by atoms with Gasteiger partial charge in [0.25, 0.3) is 10.1 Å². The number of nitrogens with zero attached hydrogens (tertiary/aromatic N) is 2. The van der Waals surface area contributed by atoms with E-state index in [4.69, 9.17) is 23.1 Å². The van der Waals surface area contributed by atoms with Crippen molar-refractivity contribution >= 4 is 25.8 Å². The molecule has 0 bridgehead atoms. The molecule has 0 spiro atoms. The first-order valence-corrected chi connectivity index (χ1v) is 20.8. The number of benzene rings is 3. The molecular formula is C38H52N2O9S2. The van der Waals surface area contributed by atoms with Crippen molar-refractivity contribution in [3.05, 3.63) is 83.4 Å². The molecular weight excluding hydrogens is 693 g/mol. The lowest BCUT2D eigenvalue weighted by Gasteiger charge is -2.44. The first-order chi connectivity index (χ1) is 24.3. The minimum absolute atomic E-state index is 0.0679. The van der Waals surface area contributed by atoms with Crippen LogP contribution in [0.2, 0.25) is 0 Å². The maximum atomic E-state index is 14.5. The van der Waals surface area contributed by atoms with Crippen LogP contribution in [0.25, 0.3) is 0 Å². The van der Waals surface area contributed by atoms with Crippen molar-refractivity contribution in [2.75, 3.05) is 58.2 Å². The van der Waals surface area contributed by atoms with Gasteiger partial charge in [-0.3, -0.25) is 4.18 Å². The third-order valence-corrected chi connectivity index (χ3v) is 12.2. The van der Waals surface area contributed by atoms with E-state index in [1.165, 1.54) is 4.31 Å². The van der Waals surface area contributed by atoms with Gasteiger partial charge in [0.2, 0.25) is 10.0 Å². The minimum atomic E-state index is -4.01. The molecule has 3 aromatic rings. The number of hydrogen-bond acceptors (Lipinski definition) is 10. The van der Waals surface area contributed by atoms with Crippen LogP contribution in [0.1, 0.15) is 55.7 Å². The molecule has 0 N–H and O–H groups in total. The van der Waals surface area contributed by atoms with Crippen LogP contribution < -0.4 is 14.4 Å². The van der Waals surface area contributed by atoms with Crippen molar-refractivity contribution in [1.82, 2.24) is 4.31 Å². The van der Waals surface area contributed by atoms with Crippen LogP contribution in [0.3, 0.4) is 0 Å². The average Bonchev–Trinajstić information content (AvgIpc) is 3.10. The number of rotatable bonds is 16. The second-order valence-electron chi connectivity index (χ2n) is 13.8. The molecule has 1 fully saturated rings. The largest absolute Gasteiger partial charge is 0.497 e. The van der Waals surface area contributed by atoms with Crippen molar-refractivity contribution in [3.8, 4) is 11.5 Å². The summed E-state index contributed by atoms with van der Waals surface area (Å²) in [5.41, 5.74) is 3.87. The molecule has 280 valence electrons. The Morgan fingerprint density at radius 3 is 2.33 bits per heavy atom. The average molecular weight is 745 g/mol. The lowest BCUT2D eigenvalue weighted by atomic mass is 9.81. The Hall–Kier alpha value is -3.20. The quantitative estimate of drug-likeness (QED) is 0.132. The smallest absolute Gasteiger partial charge is 0.264 e. The van der Waals surface area contributed by atoms with E-state index in [0.717, 1.165) is 53.9 Å². The number of anilines is 1. The standard InChI is InChI=1S/C38H52N2O9S2/c1-27(2)37(49-50(6,41)42)24-31-23-34(30-11-13-32(46-5)14-12-30)38(25-40(31)51(43,44)33-15-8-28(3)9-16-33)48-26-29-10-17-36-35(22-29)39(19-21-47-36)18-7-20-45-4/h8-17,22,27,31,34,37-38H,7,18-21,23-26H2,1-6H3/t31-,34-,37-,38+/m1/s1.